The van der Waals surface area contributed by atoms with Gasteiger partial charge >= 0.3 is 10.2 Å². The fourth-order valence-electron chi connectivity index (χ4n) is 5.20. The van der Waals surface area contributed by atoms with Gasteiger partial charge in [0.2, 0.25) is 5.95 Å². The SMILES string of the molecule is C=CC(=O)NS(=O)(=O)N1CCC(N[C@H]2CCC[C@@H](Nc3ncc(Cl)c(-c4c[nH]c5ccccc45)n3)C2)C1. The van der Waals surface area contributed by atoms with Crippen LogP contribution in [0.4, 0.5) is 5.95 Å². The number of aromatic amines is 1. The molecule has 196 valence electrons. The van der Waals surface area contributed by atoms with Crippen LogP contribution in [0.25, 0.3) is 22.2 Å². The van der Waals surface area contributed by atoms with Crippen molar-refractivity contribution in [2.24, 2.45) is 0 Å². The van der Waals surface area contributed by atoms with Gasteiger partial charge in [-0.25, -0.2) is 14.7 Å². The molecule has 1 saturated carbocycles. The smallest absolute Gasteiger partial charge is 0.304 e. The van der Waals surface area contributed by atoms with Crippen LogP contribution in [0, 0.1) is 0 Å². The maximum absolute atomic E-state index is 12.4. The molecule has 3 atom stereocenters. The molecule has 0 spiro atoms. The lowest BCUT2D eigenvalue weighted by Crippen LogP contribution is -2.47. The molecule has 2 fully saturated rings. The molecule has 0 radical (unpaired) electrons. The standard InChI is InChI=1S/C25H30ClN7O3S/c1-2-23(34)32-37(35,36)33-11-10-18(15-33)29-16-6-5-7-17(12-16)30-25-28-14-21(26)24(31-25)20-13-27-22-9-4-3-8-19(20)22/h2-4,8-9,13-14,16-18,27,29H,1,5-7,10-12,15H2,(H,32,34)(H,28,30,31)/t16-,17+,18?/m0/s1. The number of carbonyl (C=O) groups is 1. The number of carbonyl (C=O) groups excluding carboxylic acids is 1. The van der Waals surface area contributed by atoms with E-state index in [0.717, 1.165) is 48.2 Å². The second kappa shape index (κ2) is 10.8. The van der Waals surface area contributed by atoms with E-state index < -0.39 is 16.1 Å². The Hall–Kier alpha value is -2.99. The summed E-state index contributed by atoms with van der Waals surface area (Å²) in [5, 5.41) is 8.64. The molecule has 2 aliphatic rings. The van der Waals surface area contributed by atoms with Crippen LogP contribution in [-0.2, 0) is 15.0 Å². The first-order valence-corrected chi connectivity index (χ1v) is 14.2. The molecule has 10 nitrogen and oxygen atoms in total. The number of benzene rings is 1. The van der Waals surface area contributed by atoms with Gasteiger partial charge in [0.15, 0.2) is 0 Å². The lowest BCUT2D eigenvalue weighted by molar-refractivity contribution is -0.114. The Morgan fingerprint density at radius 2 is 2.00 bits per heavy atom. The lowest BCUT2D eigenvalue weighted by atomic mass is 9.90. The highest BCUT2D eigenvalue weighted by atomic mass is 35.5. The molecular weight excluding hydrogens is 514 g/mol. The van der Waals surface area contributed by atoms with E-state index in [9.17, 15) is 13.2 Å². The first kappa shape index (κ1) is 25.7. The number of aromatic nitrogens is 3. The van der Waals surface area contributed by atoms with Gasteiger partial charge in [-0.1, -0.05) is 36.4 Å². The minimum absolute atomic E-state index is 0.0272. The Morgan fingerprint density at radius 1 is 1.19 bits per heavy atom. The van der Waals surface area contributed by atoms with Crippen molar-refractivity contribution < 1.29 is 13.2 Å². The van der Waals surface area contributed by atoms with E-state index in [1.165, 1.54) is 4.31 Å². The predicted molar refractivity (Wildman–Crippen MR) is 144 cm³/mol. The molecular formula is C25H30ClN7O3S. The minimum Gasteiger partial charge on any atom is -0.360 e. The number of H-pyrrole nitrogens is 1. The van der Waals surface area contributed by atoms with Crippen LogP contribution in [0.3, 0.4) is 0 Å². The number of para-hydroxylation sites is 1. The number of amides is 1. The molecule has 1 saturated heterocycles. The summed E-state index contributed by atoms with van der Waals surface area (Å²) in [6.45, 7) is 3.99. The van der Waals surface area contributed by atoms with Gasteiger partial charge in [0.1, 0.15) is 0 Å². The zero-order valence-corrected chi connectivity index (χ0v) is 21.9. The van der Waals surface area contributed by atoms with Gasteiger partial charge in [-0.3, -0.25) is 4.79 Å². The molecule has 0 bridgehead atoms. The van der Waals surface area contributed by atoms with Crippen molar-refractivity contribution in [1.29, 1.82) is 0 Å². The van der Waals surface area contributed by atoms with Crippen LogP contribution in [0.2, 0.25) is 5.02 Å². The van der Waals surface area contributed by atoms with Crippen LogP contribution in [0.15, 0.2) is 49.3 Å². The van der Waals surface area contributed by atoms with Crippen LogP contribution < -0.4 is 15.4 Å². The number of nitrogens with zero attached hydrogens (tertiary/aromatic N) is 3. The Morgan fingerprint density at radius 3 is 2.84 bits per heavy atom. The van der Waals surface area contributed by atoms with Crippen LogP contribution in [0.5, 0.6) is 0 Å². The molecule has 3 heterocycles. The number of hydrogen-bond acceptors (Lipinski definition) is 7. The van der Waals surface area contributed by atoms with Crippen molar-refractivity contribution in [3.8, 4) is 11.3 Å². The summed E-state index contributed by atoms with van der Waals surface area (Å²) in [6.07, 6.45) is 9.08. The molecule has 1 aromatic carbocycles. The summed E-state index contributed by atoms with van der Waals surface area (Å²) in [5.74, 6) is -0.193. The number of halogens is 1. The largest absolute Gasteiger partial charge is 0.360 e. The maximum atomic E-state index is 12.4. The van der Waals surface area contributed by atoms with E-state index in [1.807, 2.05) is 35.2 Å². The average Bonchev–Trinajstić information content (AvgIpc) is 3.53. The molecule has 3 aromatic rings. The second-order valence-corrected chi connectivity index (χ2v) is 11.6. The Labute approximate surface area is 221 Å². The number of nitrogens with one attached hydrogen (secondary N) is 4. The molecule has 37 heavy (non-hydrogen) atoms. The fraction of sp³-hybridized carbons (Fsp3) is 0.400. The summed E-state index contributed by atoms with van der Waals surface area (Å²) in [5.41, 5.74) is 2.63. The van der Waals surface area contributed by atoms with Gasteiger partial charge in [-0.2, -0.15) is 12.7 Å². The van der Waals surface area contributed by atoms with E-state index >= 15 is 0 Å². The van der Waals surface area contributed by atoms with Crippen LogP contribution >= 0.6 is 11.6 Å². The maximum Gasteiger partial charge on any atom is 0.304 e. The summed E-state index contributed by atoms with van der Waals surface area (Å²) in [7, 11) is -3.86. The summed E-state index contributed by atoms with van der Waals surface area (Å²) >= 11 is 6.48. The van der Waals surface area contributed by atoms with E-state index in [-0.39, 0.29) is 18.1 Å². The van der Waals surface area contributed by atoms with Gasteiger partial charge in [0.05, 0.1) is 16.9 Å². The summed E-state index contributed by atoms with van der Waals surface area (Å²) in [6, 6.07) is 8.45. The third kappa shape index (κ3) is 5.80. The highest BCUT2D eigenvalue weighted by Gasteiger charge is 2.34. The Balaban J connectivity index is 1.21. The predicted octanol–water partition coefficient (Wildman–Crippen LogP) is 3.21. The summed E-state index contributed by atoms with van der Waals surface area (Å²) in [4.78, 5) is 23.9. The zero-order chi connectivity index (χ0) is 26.0. The van der Waals surface area contributed by atoms with Crippen molar-refractivity contribution >= 4 is 44.6 Å². The van der Waals surface area contributed by atoms with Gasteiger partial charge in [0.25, 0.3) is 5.91 Å². The van der Waals surface area contributed by atoms with Crippen molar-refractivity contribution in [2.75, 3.05) is 18.4 Å². The first-order chi connectivity index (χ1) is 17.8. The Bertz CT molecular complexity index is 1410. The van der Waals surface area contributed by atoms with Gasteiger partial charge < -0.3 is 15.6 Å². The van der Waals surface area contributed by atoms with E-state index in [2.05, 4.69) is 27.2 Å². The molecule has 5 rings (SSSR count). The molecule has 12 heteroatoms. The second-order valence-electron chi connectivity index (χ2n) is 9.53. The molecule has 1 aliphatic heterocycles. The van der Waals surface area contributed by atoms with Crippen molar-refractivity contribution in [2.45, 2.75) is 50.2 Å². The topological polar surface area (TPSA) is 132 Å². The van der Waals surface area contributed by atoms with Gasteiger partial charge in [0, 0.05) is 53.9 Å². The highest BCUT2D eigenvalue weighted by molar-refractivity contribution is 7.87. The summed E-state index contributed by atoms with van der Waals surface area (Å²) < 4.78 is 28.1. The third-order valence-electron chi connectivity index (χ3n) is 6.97. The number of hydrogen-bond donors (Lipinski definition) is 4. The fourth-order valence-corrected chi connectivity index (χ4v) is 6.58. The molecule has 1 aliphatic carbocycles. The zero-order valence-electron chi connectivity index (χ0n) is 20.3. The van der Waals surface area contributed by atoms with Crippen molar-refractivity contribution in [3.63, 3.8) is 0 Å². The quantitative estimate of drug-likeness (QED) is 0.321. The van der Waals surface area contributed by atoms with E-state index in [4.69, 9.17) is 16.6 Å². The minimum atomic E-state index is -3.86. The normalized spacial score (nSPS) is 22.7. The van der Waals surface area contributed by atoms with Gasteiger partial charge in [-0.15, -0.1) is 0 Å². The monoisotopic (exact) mass is 543 g/mol. The molecule has 1 amide bonds. The number of anilines is 1. The molecule has 2 aromatic heterocycles. The molecule has 1 unspecified atom stereocenters. The highest BCUT2D eigenvalue weighted by Crippen LogP contribution is 2.33. The lowest BCUT2D eigenvalue weighted by Gasteiger charge is -2.32. The first-order valence-electron chi connectivity index (χ1n) is 12.4. The van der Waals surface area contributed by atoms with Crippen molar-refractivity contribution in [3.05, 3.63) is 54.3 Å². The van der Waals surface area contributed by atoms with Gasteiger partial charge in [-0.05, 0) is 44.2 Å². The average molecular weight is 544 g/mol. The molecule has 4 N–H and O–H groups in total. The number of rotatable bonds is 8. The van der Waals surface area contributed by atoms with Crippen LogP contribution in [-0.4, -0.2) is 64.8 Å². The van der Waals surface area contributed by atoms with Crippen LogP contribution in [0.1, 0.15) is 32.1 Å². The van der Waals surface area contributed by atoms with Crippen molar-refractivity contribution in [1.82, 2.24) is 29.3 Å². The number of fused-ring (bicyclic) bond motifs is 1. The third-order valence-corrected chi connectivity index (χ3v) is 8.72. The van der Waals surface area contributed by atoms with E-state index in [0.29, 0.717) is 36.2 Å². The van der Waals surface area contributed by atoms with E-state index in [1.54, 1.807) is 6.20 Å². The Kier molecular flexibility index (Phi) is 7.47.